The maximum Gasteiger partial charge on any atom is 0.320 e. The number of nitrogens with zero attached hydrogens (tertiary/aromatic N) is 4. The van der Waals surface area contributed by atoms with Crippen molar-refractivity contribution in [2.75, 3.05) is 12.4 Å². The molecule has 0 aliphatic heterocycles. The zero-order valence-corrected chi connectivity index (χ0v) is 15.1. The van der Waals surface area contributed by atoms with Crippen molar-refractivity contribution in [2.24, 2.45) is 0 Å². The number of benzene rings is 1. The second kappa shape index (κ2) is 6.99. The number of aromatic nitrogens is 4. The maximum absolute atomic E-state index is 5.27. The molecule has 133 valence electrons. The monoisotopic (exact) mass is 356 g/mol. The first-order valence-electron chi connectivity index (χ1n) is 8.48. The zero-order chi connectivity index (χ0) is 18.8. The number of para-hydroxylation sites is 1. The molecule has 0 bridgehead atoms. The Labute approximate surface area is 157 Å². The Morgan fingerprint density at radius 1 is 0.963 bits per heavy atom. The quantitative estimate of drug-likeness (QED) is 0.587. The van der Waals surface area contributed by atoms with Gasteiger partial charge in [0.05, 0.1) is 23.9 Å². The third-order valence-electron chi connectivity index (χ3n) is 4.24. The molecule has 0 saturated carbocycles. The van der Waals surface area contributed by atoms with Gasteiger partial charge in [-0.15, -0.1) is 0 Å². The Hall–Kier alpha value is -3.54. The van der Waals surface area contributed by atoms with Gasteiger partial charge >= 0.3 is 6.01 Å². The predicted octanol–water partition coefficient (Wildman–Crippen LogP) is 4.33. The van der Waals surface area contributed by atoms with Crippen LogP contribution in [0.2, 0.25) is 0 Å². The average Bonchev–Trinajstić information content (AvgIpc) is 2.69. The molecule has 1 aromatic carbocycles. The van der Waals surface area contributed by atoms with E-state index in [-0.39, 0.29) is 6.01 Å². The summed E-state index contributed by atoms with van der Waals surface area (Å²) in [5, 5.41) is 4.10. The van der Waals surface area contributed by atoms with Crippen LogP contribution in [0.4, 0.5) is 11.5 Å². The fraction of sp³-hybridized carbons (Fsp3) is 0.0952. The lowest BCUT2D eigenvalue weighted by atomic mass is 10.1. The van der Waals surface area contributed by atoms with Crippen molar-refractivity contribution < 1.29 is 4.74 Å². The number of aryl methyl sites for hydroxylation is 1. The summed E-state index contributed by atoms with van der Waals surface area (Å²) < 4.78 is 5.27. The van der Waals surface area contributed by atoms with Crippen LogP contribution in [-0.2, 0) is 0 Å². The van der Waals surface area contributed by atoms with Gasteiger partial charge in [0, 0.05) is 11.9 Å². The molecule has 0 aliphatic carbocycles. The van der Waals surface area contributed by atoms with E-state index in [9.17, 15) is 0 Å². The van der Waals surface area contributed by atoms with E-state index in [1.165, 1.54) is 7.11 Å². The molecule has 3 heterocycles. The summed E-state index contributed by atoms with van der Waals surface area (Å²) in [6.45, 7) is 6.05. The van der Waals surface area contributed by atoms with Crippen molar-refractivity contribution in [2.45, 2.75) is 6.92 Å². The number of pyridine rings is 2. The second-order valence-electron chi connectivity index (χ2n) is 6.08. The minimum absolute atomic E-state index is 0.244. The van der Waals surface area contributed by atoms with Crippen molar-refractivity contribution in [1.29, 1.82) is 0 Å². The van der Waals surface area contributed by atoms with Crippen LogP contribution in [-0.4, -0.2) is 27.0 Å². The Morgan fingerprint density at radius 2 is 1.81 bits per heavy atom. The van der Waals surface area contributed by atoms with Gasteiger partial charge in [-0.2, -0.15) is 9.97 Å². The van der Waals surface area contributed by atoms with Gasteiger partial charge in [-0.05, 0) is 49.2 Å². The minimum atomic E-state index is 0.244. The van der Waals surface area contributed by atoms with Gasteiger partial charge in [-0.1, -0.05) is 24.3 Å². The third-order valence-corrected chi connectivity index (χ3v) is 4.24. The Bertz CT molecular complexity index is 1130. The van der Waals surface area contributed by atoms with Gasteiger partial charge in [0.1, 0.15) is 5.82 Å². The summed E-state index contributed by atoms with van der Waals surface area (Å²) in [5.41, 5.74) is 4.91. The van der Waals surface area contributed by atoms with E-state index in [1.807, 2.05) is 55.5 Å². The normalized spacial score (nSPS) is 10.8. The third kappa shape index (κ3) is 3.29. The van der Waals surface area contributed by atoms with Gasteiger partial charge in [0.15, 0.2) is 5.65 Å². The van der Waals surface area contributed by atoms with Crippen LogP contribution in [0.1, 0.15) is 11.1 Å². The summed E-state index contributed by atoms with van der Waals surface area (Å²) in [6, 6.07) is 15.8. The van der Waals surface area contributed by atoms with E-state index in [2.05, 4.69) is 27.2 Å². The summed E-state index contributed by atoms with van der Waals surface area (Å²) >= 11 is 0. The maximum atomic E-state index is 5.27. The highest BCUT2D eigenvalue weighted by atomic mass is 16.5. The molecule has 4 aromatic rings. The molecule has 0 unspecified atom stereocenters. The molecule has 6 heteroatoms. The number of methoxy groups -OCH3 is 1. The van der Waals surface area contributed by atoms with E-state index >= 15 is 0 Å². The van der Waals surface area contributed by atoms with Crippen LogP contribution >= 0.6 is 0 Å². The van der Waals surface area contributed by atoms with Gasteiger partial charge < -0.3 is 10.1 Å². The van der Waals surface area contributed by atoms with Crippen LogP contribution in [0.3, 0.4) is 0 Å². The molecule has 1 radical (unpaired) electrons. The van der Waals surface area contributed by atoms with Gasteiger partial charge in [-0.25, -0.2) is 4.98 Å². The number of hydrogen-bond acceptors (Lipinski definition) is 6. The Balaban J connectivity index is 1.85. The van der Waals surface area contributed by atoms with Gasteiger partial charge in [0.2, 0.25) is 0 Å². The fourth-order valence-electron chi connectivity index (χ4n) is 2.83. The first-order chi connectivity index (χ1) is 13.2. The first kappa shape index (κ1) is 16.9. The molecular weight excluding hydrogens is 338 g/mol. The van der Waals surface area contributed by atoms with E-state index in [0.29, 0.717) is 11.5 Å². The van der Waals surface area contributed by atoms with Gasteiger partial charge in [0.25, 0.3) is 0 Å². The Kier molecular flexibility index (Phi) is 4.38. The van der Waals surface area contributed by atoms with Crippen molar-refractivity contribution in [3.8, 4) is 17.4 Å². The zero-order valence-electron chi connectivity index (χ0n) is 15.1. The van der Waals surface area contributed by atoms with Crippen LogP contribution in [0.25, 0.3) is 22.4 Å². The number of nitrogens with one attached hydrogen (secondary N) is 1. The molecule has 3 aromatic heterocycles. The summed E-state index contributed by atoms with van der Waals surface area (Å²) in [7, 11) is 1.53. The lowest BCUT2D eigenvalue weighted by Crippen LogP contribution is -2.02. The molecule has 0 saturated heterocycles. The lowest BCUT2D eigenvalue weighted by molar-refractivity contribution is 0.382. The number of hydrogen-bond donors (Lipinski definition) is 1. The molecular formula is C21H18N5O. The minimum Gasteiger partial charge on any atom is -0.467 e. The van der Waals surface area contributed by atoms with Crippen molar-refractivity contribution in [3.63, 3.8) is 0 Å². The smallest absolute Gasteiger partial charge is 0.320 e. The summed E-state index contributed by atoms with van der Waals surface area (Å²) in [4.78, 5) is 18.0. The first-order valence-corrected chi connectivity index (χ1v) is 8.48. The van der Waals surface area contributed by atoms with Crippen molar-refractivity contribution >= 4 is 22.5 Å². The second-order valence-corrected chi connectivity index (χ2v) is 6.08. The van der Waals surface area contributed by atoms with E-state index < -0.39 is 0 Å². The van der Waals surface area contributed by atoms with E-state index in [4.69, 9.17) is 9.72 Å². The van der Waals surface area contributed by atoms with E-state index in [1.54, 1.807) is 6.20 Å². The molecule has 0 spiro atoms. The van der Waals surface area contributed by atoms with E-state index in [0.717, 1.165) is 33.6 Å². The van der Waals surface area contributed by atoms with Gasteiger partial charge in [-0.3, -0.25) is 4.98 Å². The number of fused-ring (bicyclic) bond motifs is 1. The summed E-state index contributed by atoms with van der Waals surface area (Å²) in [5.74, 6) is 0.616. The molecule has 1 N–H and O–H groups in total. The number of anilines is 2. The number of rotatable bonds is 4. The van der Waals surface area contributed by atoms with Crippen LogP contribution in [0, 0.1) is 13.8 Å². The highest BCUT2D eigenvalue weighted by molar-refractivity contribution is 5.90. The SMILES string of the molecule is [CH2]c1ccccc1Nc1nc(OC)nc2nc(-c3ncccc3C)ccc12. The topological polar surface area (TPSA) is 72.8 Å². The predicted molar refractivity (Wildman–Crippen MR) is 106 cm³/mol. The van der Waals surface area contributed by atoms with Crippen LogP contribution < -0.4 is 10.1 Å². The molecule has 0 amide bonds. The molecule has 0 aliphatic rings. The van der Waals surface area contributed by atoms with Crippen LogP contribution in [0.15, 0.2) is 54.7 Å². The highest BCUT2D eigenvalue weighted by Gasteiger charge is 2.13. The number of ether oxygens (including phenoxy) is 1. The molecule has 4 rings (SSSR count). The van der Waals surface area contributed by atoms with Crippen molar-refractivity contribution in [1.82, 2.24) is 19.9 Å². The molecule has 0 atom stereocenters. The Morgan fingerprint density at radius 3 is 2.59 bits per heavy atom. The van der Waals surface area contributed by atoms with Crippen LogP contribution in [0.5, 0.6) is 6.01 Å². The molecule has 27 heavy (non-hydrogen) atoms. The standard InChI is InChI=1S/C21H18N5O/c1-13-7-4-5-9-16(13)23-19-15-10-11-17(18-14(2)8-6-12-22-18)24-20(15)26-21(25-19)27-3/h4-12H,1H2,2-3H3,(H,23,24,25,26). The largest absolute Gasteiger partial charge is 0.467 e. The molecule has 6 nitrogen and oxygen atoms in total. The fourth-order valence-corrected chi connectivity index (χ4v) is 2.83. The molecule has 0 fully saturated rings. The van der Waals surface area contributed by atoms with Crippen molar-refractivity contribution in [3.05, 3.63) is 72.8 Å². The average molecular weight is 356 g/mol. The highest BCUT2D eigenvalue weighted by Crippen LogP contribution is 2.28. The lowest BCUT2D eigenvalue weighted by Gasteiger charge is -2.12. The summed E-state index contributed by atoms with van der Waals surface area (Å²) in [6.07, 6.45) is 1.76.